The molecule has 0 spiro atoms. The van der Waals surface area contributed by atoms with Gasteiger partial charge in [-0.15, -0.1) is 0 Å². The van der Waals surface area contributed by atoms with Crippen molar-refractivity contribution in [1.29, 1.82) is 0 Å². The first-order chi connectivity index (χ1) is 10.4. The average Bonchev–Trinajstić information content (AvgIpc) is 3.06. The Morgan fingerprint density at radius 3 is 2.68 bits per heavy atom. The molecule has 2 fully saturated rings. The molecule has 1 aromatic heterocycles. The minimum absolute atomic E-state index is 0.0196. The fourth-order valence-electron chi connectivity index (χ4n) is 3.31. The van der Waals surface area contributed by atoms with Gasteiger partial charge < -0.3 is 5.32 Å². The van der Waals surface area contributed by atoms with Crippen molar-refractivity contribution in [1.82, 2.24) is 15.2 Å². The predicted octanol–water partition coefficient (Wildman–Crippen LogP) is 0.381. The minimum atomic E-state index is -3.09. The lowest BCUT2D eigenvalue weighted by Crippen LogP contribution is -2.50. The monoisotopic (exact) mass is 323 g/mol. The SMILES string of the molecule is Cc1cccc(C(=O)N[C@H]2CS(=O)(=O)C[C@H]2N2CCCC2)n1. The second-order valence-electron chi connectivity index (χ2n) is 6.13. The highest BCUT2D eigenvalue weighted by Gasteiger charge is 2.42. The number of sulfone groups is 1. The van der Waals surface area contributed by atoms with Crippen molar-refractivity contribution >= 4 is 15.7 Å². The average molecular weight is 323 g/mol. The van der Waals surface area contributed by atoms with Crippen molar-refractivity contribution in [3.8, 4) is 0 Å². The van der Waals surface area contributed by atoms with Crippen molar-refractivity contribution in [3.63, 3.8) is 0 Å². The van der Waals surface area contributed by atoms with E-state index < -0.39 is 9.84 Å². The zero-order valence-corrected chi connectivity index (χ0v) is 13.5. The van der Waals surface area contributed by atoms with Crippen LogP contribution >= 0.6 is 0 Å². The lowest BCUT2D eigenvalue weighted by atomic mass is 10.1. The summed E-state index contributed by atoms with van der Waals surface area (Å²) in [5.41, 5.74) is 1.10. The van der Waals surface area contributed by atoms with Crippen molar-refractivity contribution in [2.24, 2.45) is 0 Å². The molecule has 0 bridgehead atoms. The second-order valence-corrected chi connectivity index (χ2v) is 8.29. The van der Waals surface area contributed by atoms with Gasteiger partial charge in [0.2, 0.25) is 0 Å². The fraction of sp³-hybridized carbons (Fsp3) is 0.600. The molecule has 120 valence electrons. The Morgan fingerprint density at radius 2 is 2.00 bits per heavy atom. The third-order valence-corrected chi connectivity index (χ3v) is 6.09. The van der Waals surface area contributed by atoms with Crippen LogP contribution in [-0.2, 0) is 9.84 Å². The molecular formula is C15H21N3O3S. The number of nitrogens with one attached hydrogen (secondary N) is 1. The first-order valence-electron chi connectivity index (χ1n) is 7.64. The van der Waals surface area contributed by atoms with Crippen LogP contribution in [0.2, 0.25) is 0 Å². The molecule has 7 heteroatoms. The van der Waals surface area contributed by atoms with E-state index >= 15 is 0 Å². The number of rotatable bonds is 3. The van der Waals surface area contributed by atoms with Crippen molar-refractivity contribution < 1.29 is 13.2 Å². The zero-order chi connectivity index (χ0) is 15.7. The number of pyridine rings is 1. The topological polar surface area (TPSA) is 79.4 Å². The van der Waals surface area contributed by atoms with Crippen molar-refractivity contribution in [3.05, 3.63) is 29.6 Å². The molecule has 2 atom stereocenters. The van der Waals surface area contributed by atoms with Crippen LogP contribution in [0.4, 0.5) is 0 Å². The molecule has 1 amide bonds. The number of aryl methyl sites for hydroxylation is 1. The Bertz CT molecular complexity index is 668. The molecule has 2 aliphatic heterocycles. The van der Waals surface area contributed by atoms with E-state index in [9.17, 15) is 13.2 Å². The number of likely N-dealkylation sites (tertiary alicyclic amines) is 1. The van der Waals surface area contributed by atoms with Gasteiger partial charge in [0.05, 0.1) is 17.5 Å². The summed E-state index contributed by atoms with van der Waals surface area (Å²) in [4.78, 5) is 18.7. The summed E-state index contributed by atoms with van der Waals surface area (Å²) in [7, 11) is -3.09. The predicted molar refractivity (Wildman–Crippen MR) is 83.5 cm³/mol. The number of hydrogen-bond acceptors (Lipinski definition) is 5. The van der Waals surface area contributed by atoms with Crippen LogP contribution in [0.15, 0.2) is 18.2 Å². The summed E-state index contributed by atoms with van der Waals surface area (Å²) in [5.74, 6) is -0.139. The molecule has 0 unspecified atom stereocenters. The van der Waals surface area contributed by atoms with Gasteiger partial charge in [0.1, 0.15) is 5.69 Å². The summed E-state index contributed by atoms with van der Waals surface area (Å²) in [6, 6.07) is 4.79. The van der Waals surface area contributed by atoms with Gasteiger partial charge in [-0.2, -0.15) is 0 Å². The molecule has 0 aromatic carbocycles. The van der Waals surface area contributed by atoms with Crippen LogP contribution in [0.3, 0.4) is 0 Å². The second kappa shape index (κ2) is 5.96. The van der Waals surface area contributed by atoms with E-state index in [1.165, 1.54) is 0 Å². The molecular weight excluding hydrogens is 302 g/mol. The normalized spacial score (nSPS) is 27.9. The van der Waals surface area contributed by atoms with E-state index in [2.05, 4.69) is 15.2 Å². The molecule has 22 heavy (non-hydrogen) atoms. The highest BCUT2D eigenvalue weighted by Crippen LogP contribution is 2.22. The zero-order valence-electron chi connectivity index (χ0n) is 12.7. The molecule has 0 aliphatic carbocycles. The van der Waals surface area contributed by atoms with Crippen molar-refractivity contribution in [2.75, 3.05) is 24.6 Å². The van der Waals surface area contributed by atoms with E-state index in [0.717, 1.165) is 31.6 Å². The van der Waals surface area contributed by atoms with Crippen LogP contribution in [0.25, 0.3) is 0 Å². The molecule has 2 saturated heterocycles. The minimum Gasteiger partial charge on any atom is -0.345 e. The first-order valence-corrected chi connectivity index (χ1v) is 9.46. The summed E-state index contributed by atoms with van der Waals surface area (Å²) in [6.07, 6.45) is 2.19. The van der Waals surface area contributed by atoms with E-state index in [4.69, 9.17) is 0 Å². The Hall–Kier alpha value is -1.47. The Kier molecular flexibility index (Phi) is 4.18. The third-order valence-electron chi connectivity index (χ3n) is 4.37. The van der Waals surface area contributed by atoms with Crippen LogP contribution in [-0.4, -0.2) is 60.9 Å². The number of nitrogens with zero attached hydrogens (tertiary/aromatic N) is 2. The number of aromatic nitrogens is 1. The highest BCUT2D eigenvalue weighted by atomic mass is 32.2. The Morgan fingerprint density at radius 1 is 1.27 bits per heavy atom. The van der Waals surface area contributed by atoms with Crippen LogP contribution in [0, 0.1) is 6.92 Å². The van der Waals surface area contributed by atoms with Gasteiger partial charge in [0.25, 0.3) is 5.91 Å². The largest absolute Gasteiger partial charge is 0.345 e. The van der Waals surface area contributed by atoms with Crippen LogP contribution in [0.1, 0.15) is 29.0 Å². The van der Waals surface area contributed by atoms with Gasteiger partial charge in [-0.3, -0.25) is 9.69 Å². The summed E-state index contributed by atoms with van der Waals surface area (Å²) < 4.78 is 24.0. The Labute approximate surface area is 130 Å². The maximum atomic E-state index is 12.3. The maximum Gasteiger partial charge on any atom is 0.270 e. The molecule has 3 heterocycles. The lowest BCUT2D eigenvalue weighted by molar-refractivity contribution is 0.0913. The molecule has 6 nitrogen and oxygen atoms in total. The van der Waals surface area contributed by atoms with Crippen molar-refractivity contribution in [2.45, 2.75) is 31.8 Å². The fourth-order valence-corrected chi connectivity index (χ4v) is 5.26. The molecule has 0 radical (unpaired) electrons. The smallest absolute Gasteiger partial charge is 0.270 e. The molecule has 2 aliphatic rings. The molecule has 0 saturated carbocycles. The molecule has 3 rings (SSSR count). The van der Waals surface area contributed by atoms with Gasteiger partial charge in [0, 0.05) is 11.7 Å². The Balaban J connectivity index is 1.75. The number of hydrogen-bond donors (Lipinski definition) is 1. The summed E-state index contributed by atoms with van der Waals surface area (Å²) >= 11 is 0. The summed E-state index contributed by atoms with van der Waals surface area (Å²) in [6.45, 7) is 3.65. The van der Waals surface area contributed by atoms with E-state index in [1.807, 2.05) is 13.0 Å². The lowest BCUT2D eigenvalue weighted by Gasteiger charge is -2.28. The standard InChI is InChI=1S/C15H21N3O3S/c1-11-5-4-6-12(16-11)15(19)17-13-9-22(20,21)10-14(13)18-7-2-3-8-18/h4-6,13-14H,2-3,7-10H2,1H3,(H,17,19)/t13-,14+/m0/s1. The van der Waals surface area contributed by atoms with Gasteiger partial charge >= 0.3 is 0 Å². The third kappa shape index (κ3) is 3.30. The number of carbonyl (C=O) groups is 1. The molecule has 1 N–H and O–H groups in total. The number of amides is 1. The highest BCUT2D eigenvalue weighted by molar-refractivity contribution is 7.91. The quantitative estimate of drug-likeness (QED) is 0.870. The maximum absolute atomic E-state index is 12.3. The van der Waals surface area contributed by atoms with E-state index in [0.29, 0.717) is 5.69 Å². The van der Waals surface area contributed by atoms with Crippen LogP contribution < -0.4 is 5.32 Å². The molecule has 1 aromatic rings. The van der Waals surface area contributed by atoms with Gasteiger partial charge in [0.15, 0.2) is 9.84 Å². The van der Waals surface area contributed by atoms with E-state index in [-0.39, 0.29) is 29.5 Å². The van der Waals surface area contributed by atoms with Gasteiger partial charge in [-0.1, -0.05) is 6.07 Å². The van der Waals surface area contributed by atoms with E-state index in [1.54, 1.807) is 12.1 Å². The number of carbonyl (C=O) groups excluding carboxylic acids is 1. The first kappa shape index (κ1) is 15.4. The van der Waals surface area contributed by atoms with Crippen LogP contribution in [0.5, 0.6) is 0 Å². The van der Waals surface area contributed by atoms with Gasteiger partial charge in [-0.05, 0) is 45.0 Å². The van der Waals surface area contributed by atoms with Gasteiger partial charge in [-0.25, -0.2) is 13.4 Å². The summed E-state index contributed by atoms with van der Waals surface area (Å²) in [5, 5.41) is 2.88.